The molecular formula is C11H24N2O. The first kappa shape index (κ1) is 12.0. The van der Waals surface area contributed by atoms with Crippen LogP contribution in [0.15, 0.2) is 0 Å². The van der Waals surface area contributed by atoms with Gasteiger partial charge in [0.25, 0.3) is 0 Å². The minimum Gasteiger partial charge on any atom is -0.381 e. The van der Waals surface area contributed by atoms with E-state index in [9.17, 15) is 0 Å². The van der Waals surface area contributed by atoms with Gasteiger partial charge in [0.15, 0.2) is 0 Å². The third-order valence-electron chi connectivity index (χ3n) is 3.60. The zero-order chi connectivity index (χ0) is 10.6. The number of hydrogen-bond donors (Lipinski definition) is 2. The number of nitrogens with two attached hydrogens (primary N) is 1. The molecule has 0 radical (unpaired) electrons. The Hall–Kier alpha value is -0.120. The van der Waals surface area contributed by atoms with Gasteiger partial charge in [0.1, 0.15) is 0 Å². The Labute approximate surface area is 87.4 Å². The smallest absolute Gasteiger partial charge is 0.0509 e. The molecule has 0 aromatic rings. The van der Waals surface area contributed by atoms with Crippen molar-refractivity contribution in [1.82, 2.24) is 5.43 Å². The quantitative estimate of drug-likeness (QED) is 0.536. The van der Waals surface area contributed by atoms with Gasteiger partial charge in [-0.25, -0.2) is 0 Å². The molecule has 1 saturated heterocycles. The summed E-state index contributed by atoms with van der Waals surface area (Å²) in [4.78, 5) is 0. The summed E-state index contributed by atoms with van der Waals surface area (Å²) in [6.45, 7) is 8.53. The molecule has 0 bridgehead atoms. The van der Waals surface area contributed by atoms with Crippen molar-refractivity contribution >= 4 is 0 Å². The van der Waals surface area contributed by atoms with Crippen molar-refractivity contribution in [3.63, 3.8) is 0 Å². The van der Waals surface area contributed by atoms with Crippen LogP contribution in [0.5, 0.6) is 0 Å². The molecule has 0 aliphatic carbocycles. The Kier molecular flexibility index (Phi) is 4.35. The maximum Gasteiger partial charge on any atom is 0.0509 e. The van der Waals surface area contributed by atoms with Crippen LogP contribution in [0.3, 0.4) is 0 Å². The number of hydrazine groups is 1. The molecule has 3 nitrogen and oxygen atoms in total. The Morgan fingerprint density at radius 1 is 1.57 bits per heavy atom. The van der Waals surface area contributed by atoms with Gasteiger partial charge in [-0.15, -0.1) is 0 Å². The van der Waals surface area contributed by atoms with E-state index in [0.29, 0.717) is 12.0 Å². The standard InChI is InChI=1S/C11H24N2O/c1-4-11(2,3)10(13-12)9-6-5-7-14-8-9/h9-10,13H,4-8,12H2,1-3H3. The van der Waals surface area contributed by atoms with E-state index >= 15 is 0 Å². The van der Waals surface area contributed by atoms with Crippen LogP contribution < -0.4 is 11.3 Å². The fourth-order valence-electron chi connectivity index (χ4n) is 2.25. The first-order chi connectivity index (χ1) is 6.61. The summed E-state index contributed by atoms with van der Waals surface area (Å²) in [5.74, 6) is 6.23. The van der Waals surface area contributed by atoms with Crippen LogP contribution >= 0.6 is 0 Å². The first-order valence-corrected chi connectivity index (χ1v) is 5.65. The van der Waals surface area contributed by atoms with Crippen LogP contribution in [-0.4, -0.2) is 19.3 Å². The predicted molar refractivity (Wildman–Crippen MR) is 58.7 cm³/mol. The molecule has 0 saturated carbocycles. The molecule has 14 heavy (non-hydrogen) atoms. The molecule has 0 amide bonds. The summed E-state index contributed by atoms with van der Waals surface area (Å²) < 4.78 is 5.51. The zero-order valence-corrected chi connectivity index (χ0v) is 9.68. The monoisotopic (exact) mass is 200 g/mol. The van der Waals surface area contributed by atoms with Crippen molar-refractivity contribution < 1.29 is 4.74 Å². The van der Waals surface area contributed by atoms with E-state index in [4.69, 9.17) is 10.6 Å². The fraction of sp³-hybridized carbons (Fsp3) is 1.00. The van der Waals surface area contributed by atoms with Crippen LogP contribution in [0.4, 0.5) is 0 Å². The highest BCUT2D eigenvalue weighted by Gasteiger charge is 2.34. The van der Waals surface area contributed by atoms with Gasteiger partial charge in [0, 0.05) is 12.6 Å². The summed E-state index contributed by atoms with van der Waals surface area (Å²) in [5, 5.41) is 0. The fourth-order valence-corrected chi connectivity index (χ4v) is 2.25. The number of ether oxygens (including phenoxy) is 1. The topological polar surface area (TPSA) is 47.3 Å². The van der Waals surface area contributed by atoms with Crippen LogP contribution in [0.25, 0.3) is 0 Å². The van der Waals surface area contributed by atoms with Gasteiger partial charge in [-0.05, 0) is 30.6 Å². The van der Waals surface area contributed by atoms with E-state index in [1.165, 1.54) is 12.8 Å². The molecule has 0 aromatic heterocycles. The SMILES string of the molecule is CCC(C)(C)C(NN)C1CCCOC1. The molecule has 1 fully saturated rings. The largest absolute Gasteiger partial charge is 0.381 e. The number of nitrogens with one attached hydrogen (secondary N) is 1. The normalized spacial score (nSPS) is 26.1. The van der Waals surface area contributed by atoms with E-state index in [2.05, 4.69) is 26.2 Å². The zero-order valence-electron chi connectivity index (χ0n) is 9.68. The van der Waals surface area contributed by atoms with Crippen molar-refractivity contribution in [2.75, 3.05) is 13.2 Å². The second-order valence-corrected chi connectivity index (χ2v) is 4.96. The van der Waals surface area contributed by atoms with Crippen LogP contribution in [-0.2, 0) is 4.74 Å². The number of hydrogen-bond acceptors (Lipinski definition) is 3. The molecule has 0 aromatic carbocycles. The molecule has 2 unspecified atom stereocenters. The molecule has 1 aliphatic rings. The summed E-state index contributed by atoms with van der Waals surface area (Å²) in [6.07, 6.45) is 3.54. The Balaban J connectivity index is 2.59. The average molecular weight is 200 g/mol. The van der Waals surface area contributed by atoms with Crippen molar-refractivity contribution in [2.24, 2.45) is 17.2 Å². The third-order valence-corrected chi connectivity index (χ3v) is 3.60. The van der Waals surface area contributed by atoms with Crippen molar-refractivity contribution in [1.29, 1.82) is 0 Å². The van der Waals surface area contributed by atoms with Gasteiger partial charge in [0.2, 0.25) is 0 Å². The molecule has 3 N–H and O–H groups in total. The highest BCUT2D eigenvalue weighted by molar-refractivity contribution is 4.88. The lowest BCUT2D eigenvalue weighted by atomic mass is 9.74. The van der Waals surface area contributed by atoms with Gasteiger partial charge >= 0.3 is 0 Å². The van der Waals surface area contributed by atoms with Crippen LogP contribution in [0.1, 0.15) is 40.0 Å². The highest BCUT2D eigenvalue weighted by atomic mass is 16.5. The second-order valence-electron chi connectivity index (χ2n) is 4.96. The average Bonchev–Trinajstić information content (AvgIpc) is 2.20. The lowest BCUT2D eigenvalue weighted by Crippen LogP contribution is -2.52. The second kappa shape index (κ2) is 5.10. The van der Waals surface area contributed by atoms with Crippen molar-refractivity contribution in [3.05, 3.63) is 0 Å². The predicted octanol–water partition coefficient (Wildman–Crippen LogP) is 1.68. The van der Waals surface area contributed by atoms with Gasteiger partial charge in [-0.3, -0.25) is 11.3 Å². The summed E-state index contributed by atoms with van der Waals surface area (Å²) >= 11 is 0. The van der Waals surface area contributed by atoms with Crippen molar-refractivity contribution in [3.8, 4) is 0 Å². The first-order valence-electron chi connectivity index (χ1n) is 5.65. The van der Waals surface area contributed by atoms with Crippen LogP contribution in [0.2, 0.25) is 0 Å². The maximum absolute atomic E-state index is 5.66. The molecule has 3 heteroatoms. The Bertz CT molecular complexity index is 165. The van der Waals surface area contributed by atoms with E-state index in [-0.39, 0.29) is 5.41 Å². The maximum atomic E-state index is 5.66. The van der Waals surface area contributed by atoms with Gasteiger partial charge in [-0.2, -0.15) is 0 Å². The van der Waals surface area contributed by atoms with Crippen LogP contribution in [0, 0.1) is 11.3 Å². The summed E-state index contributed by atoms with van der Waals surface area (Å²) in [6, 6.07) is 0.368. The van der Waals surface area contributed by atoms with Gasteiger partial charge in [-0.1, -0.05) is 20.8 Å². The molecular weight excluding hydrogens is 176 g/mol. The molecule has 1 rings (SSSR count). The van der Waals surface area contributed by atoms with Gasteiger partial charge in [0.05, 0.1) is 6.61 Å². The van der Waals surface area contributed by atoms with E-state index in [1.54, 1.807) is 0 Å². The highest BCUT2D eigenvalue weighted by Crippen LogP contribution is 2.32. The molecule has 0 spiro atoms. The minimum atomic E-state index is 0.250. The summed E-state index contributed by atoms with van der Waals surface area (Å²) in [7, 11) is 0. The number of rotatable bonds is 4. The van der Waals surface area contributed by atoms with E-state index in [0.717, 1.165) is 19.6 Å². The Morgan fingerprint density at radius 3 is 2.71 bits per heavy atom. The minimum absolute atomic E-state index is 0.250. The lowest BCUT2D eigenvalue weighted by molar-refractivity contribution is 0.0139. The van der Waals surface area contributed by atoms with Gasteiger partial charge < -0.3 is 4.74 Å². The molecule has 1 aliphatic heterocycles. The lowest BCUT2D eigenvalue weighted by Gasteiger charge is -2.40. The molecule has 84 valence electrons. The van der Waals surface area contributed by atoms with Crippen molar-refractivity contribution in [2.45, 2.75) is 46.1 Å². The Morgan fingerprint density at radius 2 is 2.29 bits per heavy atom. The van der Waals surface area contributed by atoms with E-state index < -0.39 is 0 Å². The third kappa shape index (κ3) is 2.69. The van der Waals surface area contributed by atoms with E-state index in [1.807, 2.05) is 0 Å². The molecule has 2 atom stereocenters. The molecule has 1 heterocycles. The summed E-state index contributed by atoms with van der Waals surface area (Å²) in [5.41, 5.74) is 3.23.